The minimum atomic E-state index is 0.722. The molecule has 1 heterocycles. The van der Waals surface area contributed by atoms with E-state index in [1.165, 1.54) is 5.56 Å². The van der Waals surface area contributed by atoms with Gasteiger partial charge in [-0.1, -0.05) is 11.6 Å². The van der Waals surface area contributed by atoms with Crippen molar-refractivity contribution < 1.29 is 0 Å². The standard InChI is InChI=1S/C11H16ClN3/c12-10-5-9(6-11(13)7-10)8-15-3-1-14-2-4-15/h5-7,14H,1-4,8,13H2. The zero-order chi connectivity index (χ0) is 10.7. The second kappa shape index (κ2) is 4.84. The monoisotopic (exact) mass is 225 g/mol. The van der Waals surface area contributed by atoms with Gasteiger partial charge in [-0.05, 0) is 23.8 Å². The van der Waals surface area contributed by atoms with E-state index in [1.807, 2.05) is 12.1 Å². The van der Waals surface area contributed by atoms with Crippen molar-refractivity contribution in [1.82, 2.24) is 10.2 Å². The Morgan fingerprint density at radius 3 is 2.67 bits per heavy atom. The quantitative estimate of drug-likeness (QED) is 0.747. The van der Waals surface area contributed by atoms with Gasteiger partial charge < -0.3 is 11.1 Å². The van der Waals surface area contributed by atoms with Crippen LogP contribution in [-0.4, -0.2) is 31.1 Å². The Morgan fingerprint density at radius 1 is 1.27 bits per heavy atom. The van der Waals surface area contributed by atoms with Gasteiger partial charge in [0.15, 0.2) is 0 Å². The zero-order valence-corrected chi connectivity index (χ0v) is 9.43. The second-order valence-electron chi connectivity index (χ2n) is 3.92. The fourth-order valence-corrected chi connectivity index (χ4v) is 2.16. The molecule has 82 valence electrons. The number of rotatable bonds is 2. The highest BCUT2D eigenvalue weighted by molar-refractivity contribution is 6.30. The lowest BCUT2D eigenvalue weighted by molar-refractivity contribution is 0.233. The van der Waals surface area contributed by atoms with Crippen LogP contribution in [0.4, 0.5) is 5.69 Å². The average Bonchev–Trinajstić information content (AvgIpc) is 2.17. The van der Waals surface area contributed by atoms with Gasteiger partial charge in [-0.2, -0.15) is 0 Å². The Labute approximate surface area is 95.2 Å². The summed E-state index contributed by atoms with van der Waals surface area (Å²) in [4.78, 5) is 2.40. The van der Waals surface area contributed by atoms with Crippen LogP contribution in [0, 0.1) is 0 Å². The number of nitrogens with one attached hydrogen (secondary N) is 1. The van der Waals surface area contributed by atoms with E-state index < -0.39 is 0 Å². The molecule has 0 aromatic heterocycles. The summed E-state index contributed by atoms with van der Waals surface area (Å²) < 4.78 is 0. The van der Waals surface area contributed by atoms with Gasteiger partial charge in [0.05, 0.1) is 0 Å². The van der Waals surface area contributed by atoms with Crippen molar-refractivity contribution in [3.05, 3.63) is 28.8 Å². The van der Waals surface area contributed by atoms with Crippen LogP contribution in [-0.2, 0) is 6.54 Å². The third kappa shape index (κ3) is 3.09. The molecule has 3 N–H and O–H groups in total. The molecule has 0 aliphatic carbocycles. The molecule has 1 fully saturated rings. The Bertz CT molecular complexity index is 314. The first-order valence-electron chi connectivity index (χ1n) is 5.22. The predicted octanol–water partition coefficient (Wildman–Crippen LogP) is 1.33. The van der Waals surface area contributed by atoms with Gasteiger partial charge in [0, 0.05) is 43.4 Å². The molecule has 15 heavy (non-hydrogen) atoms. The fraction of sp³-hybridized carbons (Fsp3) is 0.455. The number of hydrogen-bond acceptors (Lipinski definition) is 3. The molecule has 1 aliphatic heterocycles. The third-order valence-corrected chi connectivity index (χ3v) is 2.81. The molecule has 1 aromatic carbocycles. The molecule has 0 atom stereocenters. The van der Waals surface area contributed by atoms with Crippen molar-refractivity contribution in [2.24, 2.45) is 0 Å². The smallest absolute Gasteiger partial charge is 0.0429 e. The minimum Gasteiger partial charge on any atom is -0.399 e. The van der Waals surface area contributed by atoms with Gasteiger partial charge in [0.25, 0.3) is 0 Å². The van der Waals surface area contributed by atoms with Crippen LogP contribution in [0.1, 0.15) is 5.56 Å². The molecule has 3 nitrogen and oxygen atoms in total. The predicted molar refractivity (Wildman–Crippen MR) is 64.0 cm³/mol. The summed E-state index contributed by atoms with van der Waals surface area (Å²) in [6.07, 6.45) is 0. The van der Waals surface area contributed by atoms with E-state index in [9.17, 15) is 0 Å². The van der Waals surface area contributed by atoms with E-state index in [0.29, 0.717) is 0 Å². The lowest BCUT2D eigenvalue weighted by atomic mass is 10.2. The summed E-state index contributed by atoms with van der Waals surface area (Å²) in [5, 5.41) is 4.05. The number of piperazine rings is 1. The molecular weight excluding hydrogens is 210 g/mol. The molecule has 1 aliphatic rings. The summed E-state index contributed by atoms with van der Waals surface area (Å²) >= 11 is 5.96. The first kappa shape index (κ1) is 10.7. The number of nitrogens with zero attached hydrogens (tertiary/aromatic N) is 1. The maximum atomic E-state index is 5.96. The normalized spacial score (nSPS) is 17.9. The second-order valence-corrected chi connectivity index (χ2v) is 4.36. The SMILES string of the molecule is Nc1cc(Cl)cc(CN2CCNCC2)c1. The van der Waals surface area contributed by atoms with E-state index in [0.717, 1.165) is 43.4 Å². The molecule has 2 rings (SSSR count). The lowest BCUT2D eigenvalue weighted by Crippen LogP contribution is -2.42. The van der Waals surface area contributed by atoms with Crippen LogP contribution < -0.4 is 11.1 Å². The highest BCUT2D eigenvalue weighted by Gasteiger charge is 2.10. The fourth-order valence-electron chi connectivity index (χ4n) is 1.89. The van der Waals surface area contributed by atoms with Crippen molar-refractivity contribution in [3.63, 3.8) is 0 Å². The zero-order valence-electron chi connectivity index (χ0n) is 8.67. The van der Waals surface area contributed by atoms with Gasteiger partial charge in [-0.3, -0.25) is 4.90 Å². The largest absolute Gasteiger partial charge is 0.399 e. The van der Waals surface area contributed by atoms with Gasteiger partial charge in [0.2, 0.25) is 0 Å². The van der Waals surface area contributed by atoms with Gasteiger partial charge in [0.1, 0.15) is 0 Å². The third-order valence-electron chi connectivity index (χ3n) is 2.60. The number of nitrogen functional groups attached to an aromatic ring is 1. The molecule has 0 radical (unpaired) electrons. The van der Waals surface area contributed by atoms with Crippen LogP contribution in [0.25, 0.3) is 0 Å². The summed E-state index contributed by atoms with van der Waals surface area (Å²) in [6, 6.07) is 5.76. The molecule has 0 saturated carbocycles. The summed E-state index contributed by atoms with van der Waals surface area (Å²) in [6.45, 7) is 5.25. The molecule has 1 saturated heterocycles. The van der Waals surface area contributed by atoms with Gasteiger partial charge in [-0.25, -0.2) is 0 Å². The van der Waals surface area contributed by atoms with Crippen LogP contribution >= 0.6 is 11.6 Å². The highest BCUT2D eigenvalue weighted by Crippen LogP contribution is 2.18. The van der Waals surface area contributed by atoms with Crippen molar-refractivity contribution in [1.29, 1.82) is 0 Å². The minimum absolute atomic E-state index is 0.722. The first-order chi connectivity index (χ1) is 7.24. The Balaban J connectivity index is 2.02. The summed E-state index contributed by atoms with van der Waals surface area (Å²) in [5.41, 5.74) is 7.69. The molecule has 0 unspecified atom stereocenters. The molecule has 4 heteroatoms. The molecular formula is C11H16ClN3. The van der Waals surface area contributed by atoms with E-state index in [2.05, 4.69) is 10.2 Å². The van der Waals surface area contributed by atoms with Crippen molar-refractivity contribution in [2.45, 2.75) is 6.54 Å². The van der Waals surface area contributed by atoms with Crippen LogP contribution in [0.5, 0.6) is 0 Å². The van der Waals surface area contributed by atoms with Gasteiger partial charge >= 0.3 is 0 Å². The summed E-state index contributed by atoms with van der Waals surface area (Å²) in [5.74, 6) is 0. The van der Waals surface area contributed by atoms with Crippen LogP contribution in [0.2, 0.25) is 5.02 Å². The number of hydrogen-bond donors (Lipinski definition) is 2. The van der Waals surface area contributed by atoms with E-state index in [1.54, 1.807) is 6.07 Å². The first-order valence-corrected chi connectivity index (χ1v) is 5.60. The number of anilines is 1. The molecule has 0 amide bonds. The van der Waals surface area contributed by atoms with Crippen LogP contribution in [0.3, 0.4) is 0 Å². The lowest BCUT2D eigenvalue weighted by Gasteiger charge is -2.27. The average molecular weight is 226 g/mol. The number of benzene rings is 1. The molecule has 0 bridgehead atoms. The molecule has 0 spiro atoms. The molecule has 1 aromatic rings. The Hall–Kier alpha value is -0.770. The number of halogens is 1. The van der Waals surface area contributed by atoms with E-state index in [-0.39, 0.29) is 0 Å². The van der Waals surface area contributed by atoms with E-state index >= 15 is 0 Å². The van der Waals surface area contributed by atoms with Crippen molar-refractivity contribution in [3.8, 4) is 0 Å². The maximum Gasteiger partial charge on any atom is 0.0429 e. The van der Waals surface area contributed by atoms with Crippen molar-refractivity contribution >= 4 is 17.3 Å². The Kier molecular flexibility index (Phi) is 3.46. The van der Waals surface area contributed by atoms with E-state index in [4.69, 9.17) is 17.3 Å². The maximum absolute atomic E-state index is 5.96. The highest BCUT2D eigenvalue weighted by atomic mass is 35.5. The summed E-state index contributed by atoms with van der Waals surface area (Å²) in [7, 11) is 0. The van der Waals surface area contributed by atoms with Crippen LogP contribution in [0.15, 0.2) is 18.2 Å². The van der Waals surface area contributed by atoms with Crippen molar-refractivity contribution in [2.75, 3.05) is 31.9 Å². The van der Waals surface area contributed by atoms with Gasteiger partial charge in [-0.15, -0.1) is 0 Å². The topological polar surface area (TPSA) is 41.3 Å². The number of nitrogens with two attached hydrogens (primary N) is 1. The Morgan fingerprint density at radius 2 is 2.00 bits per heavy atom.